The second-order valence-electron chi connectivity index (χ2n) is 7.04. The largest absolute Gasteiger partial charge is 0.481 e. The molecule has 3 aromatic rings. The van der Waals surface area contributed by atoms with Crippen molar-refractivity contribution in [3.63, 3.8) is 0 Å². The number of amides is 1. The van der Waals surface area contributed by atoms with E-state index in [0.29, 0.717) is 35.3 Å². The zero-order valence-corrected chi connectivity index (χ0v) is 16.3. The Morgan fingerprint density at radius 3 is 2.68 bits per heavy atom. The first-order valence-corrected chi connectivity index (χ1v) is 9.32. The zero-order chi connectivity index (χ0) is 20.3. The van der Waals surface area contributed by atoms with Crippen LogP contribution in [0.15, 0.2) is 36.5 Å². The van der Waals surface area contributed by atoms with Crippen molar-refractivity contribution in [1.82, 2.24) is 20.1 Å². The van der Waals surface area contributed by atoms with Gasteiger partial charge in [-0.3, -0.25) is 9.59 Å². The van der Waals surface area contributed by atoms with E-state index < -0.39 is 5.97 Å². The van der Waals surface area contributed by atoms with Crippen LogP contribution in [0.2, 0.25) is 0 Å². The van der Waals surface area contributed by atoms with Gasteiger partial charge in [-0.05, 0) is 38.8 Å². The summed E-state index contributed by atoms with van der Waals surface area (Å²) in [5, 5.41) is 16.7. The van der Waals surface area contributed by atoms with Gasteiger partial charge in [-0.1, -0.05) is 24.3 Å². The quantitative estimate of drug-likeness (QED) is 0.611. The van der Waals surface area contributed by atoms with E-state index in [0.717, 1.165) is 11.1 Å². The number of hydrogen-bond acceptors (Lipinski definition) is 4. The first-order chi connectivity index (χ1) is 13.4. The van der Waals surface area contributed by atoms with E-state index in [-0.39, 0.29) is 18.4 Å². The van der Waals surface area contributed by atoms with Crippen LogP contribution in [0.25, 0.3) is 22.3 Å². The minimum atomic E-state index is -0.874. The Morgan fingerprint density at radius 2 is 2.00 bits per heavy atom. The maximum atomic E-state index is 12.8. The molecule has 3 rings (SSSR count). The third-order valence-corrected chi connectivity index (χ3v) is 4.57. The summed E-state index contributed by atoms with van der Waals surface area (Å²) in [6.45, 7) is 6.33. The van der Waals surface area contributed by atoms with Crippen molar-refractivity contribution in [3.8, 4) is 11.3 Å². The lowest BCUT2D eigenvalue weighted by Gasteiger charge is -2.12. The van der Waals surface area contributed by atoms with Crippen LogP contribution in [-0.2, 0) is 4.79 Å². The maximum absolute atomic E-state index is 12.8. The van der Waals surface area contributed by atoms with Crippen LogP contribution in [0.5, 0.6) is 0 Å². The number of benzene rings is 1. The number of pyridine rings is 1. The predicted molar refractivity (Wildman–Crippen MR) is 107 cm³/mol. The highest BCUT2D eigenvalue weighted by Crippen LogP contribution is 2.28. The zero-order valence-electron chi connectivity index (χ0n) is 16.3. The van der Waals surface area contributed by atoms with Gasteiger partial charge in [0.25, 0.3) is 5.91 Å². The molecule has 0 spiro atoms. The Balaban J connectivity index is 2.04. The van der Waals surface area contributed by atoms with Crippen molar-refractivity contribution < 1.29 is 14.7 Å². The van der Waals surface area contributed by atoms with Crippen molar-refractivity contribution in [3.05, 3.63) is 47.7 Å². The smallest absolute Gasteiger partial charge is 0.303 e. The van der Waals surface area contributed by atoms with E-state index in [4.69, 9.17) is 10.1 Å². The molecule has 0 aliphatic carbocycles. The number of carboxylic acid groups (broad SMARTS) is 1. The first kappa shape index (κ1) is 19.5. The molecule has 0 aliphatic rings. The third-order valence-electron chi connectivity index (χ3n) is 4.57. The van der Waals surface area contributed by atoms with Crippen molar-refractivity contribution >= 4 is 22.9 Å². The molecule has 146 valence electrons. The molecule has 28 heavy (non-hydrogen) atoms. The van der Waals surface area contributed by atoms with Gasteiger partial charge in [0.2, 0.25) is 0 Å². The van der Waals surface area contributed by atoms with Gasteiger partial charge in [-0.15, -0.1) is 0 Å². The molecule has 0 fully saturated rings. The molecule has 2 N–H and O–H groups in total. The van der Waals surface area contributed by atoms with Gasteiger partial charge in [0.1, 0.15) is 0 Å². The molecule has 7 nitrogen and oxygen atoms in total. The molecule has 7 heteroatoms. The van der Waals surface area contributed by atoms with Crippen LogP contribution in [0.4, 0.5) is 0 Å². The second kappa shape index (κ2) is 8.21. The molecule has 2 aromatic heterocycles. The summed E-state index contributed by atoms with van der Waals surface area (Å²) in [4.78, 5) is 28.3. The predicted octanol–water partition coefficient (Wildman–Crippen LogP) is 3.58. The highest BCUT2D eigenvalue weighted by molar-refractivity contribution is 6.06. The lowest BCUT2D eigenvalue weighted by molar-refractivity contribution is -0.137. The molecule has 0 saturated carbocycles. The van der Waals surface area contributed by atoms with Crippen LogP contribution in [0, 0.1) is 6.92 Å². The minimum absolute atomic E-state index is 0.0196. The number of carbonyl (C=O) groups excluding carboxylic acids is 1. The summed E-state index contributed by atoms with van der Waals surface area (Å²) < 4.78 is 1.80. The van der Waals surface area contributed by atoms with Crippen molar-refractivity contribution in [2.45, 2.75) is 39.7 Å². The third kappa shape index (κ3) is 4.03. The van der Waals surface area contributed by atoms with Crippen LogP contribution < -0.4 is 5.32 Å². The number of rotatable bonds is 7. The first-order valence-electron chi connectivity index (χ1n) is 9.32. The summed E-state index contributed by atoms with van der Waals surface area (Å²) in [7, 11) is 0. The SMILES string of the molecule is Cc1ccccc1-c1cc(C(=O)NCCCC(=O)O)c2cnn(C(C)C)c2n1. The molecule has 2 heterocycles. The molecule has 0 bridgehead atoms. The molecular weight excluding hydrogens is 356 g/mol. The molecular formula is C21H24N4O3. The molecule has 1 amide bonds. The van der Waals surface area contributed by atoms with Crippen LogP contribution in [-0.4, -0.2) is 38.3 Å². The van der Waals surface area contributed by atoms with Gasteiger partial charge in [0, 0.05) is 24.6 Å². The van der Waals surface area contributed by atoms with Crippen molar-refractivity contribution in [1.29, 1.82) is 0 Å². The number of hydrogen-bond donors (Lipinski definition) is 2. The van der Waals surface area contributed by atoms with Gasteiger partial charge in [-0.2, -0.15) is 5.10 Å². The Kier molecular flexibility index (Phi) is 5.73. The van der Waals surface area contributed by atoms with E-state index in [1.807, 2.05) is 45.0 Å². The topological polar surface area (TPSA) is 97.1 Å². The number of fused-ring (bicyclic) bond motifs is 1. The molecule has 0 unspecified atom stereocenters. The van der Waals surface area contributed by atoms with Gasteiger partial charge in [0.15, 0.2) is 5.65 Å². The summed E-state index contributed by atoms with van der Waals surface area (Å²) >= 11 is 0. The number of aliphatic carboxylic acids is 1. The van der Waals surface area contributed by atoms with Crippen molar-refractivity contribution in [2.24, 2.45) is 0 Å². The number of carbonyl (C=O) groups is 2. The Labute approximate surface area is 163 Å². The number of nitrogens with one attached hydrogen (secondary N) is 1. The van der Waals surface area contributed by atoms with E-state index >= 15 is 0 Å². The van der Waals surface area contributed by atoms with Crippen LogP contribution in [0.3, 0.4) is 0 Å². The van der Waals surface area contributed by atoms with Gasteiger partial charge >= 0.3 is 5.97 Å². The summed E-state index contributed by atoms with van der Waals surface area (Å²) in [5.41, 5.74) is 3.89. The summed E-state index contributed by atoms with van der Waals surface area (Å²) in [6.07, 6.45) is 2.06. The highest BCUT2D eigenvalue weighted by Gasteiger charge is 2.19. The number of aryl methyl sites for hydroxylation is 1. The Morgan fingerprint density at radius 1 is 1.25 bits per heavy atom. The van der Waals surface area contributed by atoms with Gasteiger partial charge < -0.3 is 10.4 Å². The fraction of sp³-hybridized carbons (Fsp3) is 0.333. The number of nitrogens with zero attached hydrogens (tertiary/aromatic N) is 3. The molecule has 0 aliphatic heterocycles. The fourth-order valence-electron chi connectivity index (χ4n) is 3.12. The maximum Gasteiger partial charge on any atom is 0.303 e. The standard InChI is InChI=1S/C21H24N4O3/c1-13(2)25-20-17(12-23-25)16(21(28)22-10-6-9-19(26)27)11-18(24-20)15-8-5-4-7-14(15)3/h4-5,7-8,11-13H,6,9-10H2,1-3H3,(H,22,28)(H,26,27). The minimum Gasteiger partial charge on any atom is -0.481 e. The molecule has 1 aromatic carbocycles. The van der Waals surface area contributed by atoms with Crippen molar-refractivity contribution in [2.75, 3.05) is 6.54 Å². The Hall–Kier alpha value is -3.22. The van der Waals surface area contributed by atoms with E-state index in [1.165, 1.54) is 0 Å². The summed E-state index contributed by atoms with van der Waals surface area (Å²) in [6, 6.07) is 9.78. The lowest BCUT2D eigenvalue weighted by Crippen LogP contribution is -2.25. The van der Waals surface area contributed by atoms with Gasteiger partial charge in [-0.25, -0.2) is 9.67 Å². The average Bonchev–Trinajstić information content (AvgIpc) is 3.08. The number of carboxylic acids is 1. The Bertz CT molecular complexity index is 1020. The molecule has 0 saturated heterocycles. The van der Waals surface area contributed by atoms with E-state index in [9.17, 15) is 9.59 Å². The molecule has 0 radical (unpaired) electrons. The average molecular weight is 380 g/mol. The van der Waals surface area contributed by atoms with Crippen LogP contribution in [0.1, 0.15) is 48.7 Å². The summed E-state index contributed by atoms with van der Waals surface area (Å²) in [5.74, 6) is -1.13. The monoisotopic (exact) mass is 380 g/mol. The van der Waals surface area contributed by atoms with E-state index in [2.05, 4.69) is 10.4 Å². The van der Waals surface area contributed by atoms with Crippen LogP contribution >= 0.6 is 0 Å². The molecule has 0 atom stereocenters. The lowest BCUT2D eigenvalue weighted by atomic mass is 10.0. The fourth-order valence-corrected chi connectivity index (χ4v) is 3.12. The number of aromatic nitrogens is 3. The second-order valence-corrected chi connectivity index (χ2v) is 7.04. The van der Waals surface area contributed by atoms with E-state index in [1.54, 1.807) is 16.9 Å². The van der Waals surface area contributed by atoms with Gasteiger partial charge in [0.05, 0.1) is 22.8 Å². The normalized spacial score (nSPS) is 11.1. The highest BCUT2D eigenvalue weighted by atomic mass is 16.4.